The first-order valence-electron chi connectivity index (χ1n) is 7.13. The van der Waals surface area contributed by atoms with Crippen molar-refractivity contribution in [2.24, 2.45) is 0 Å². The van der Waals surface area contributed by atoms with Gasteiger partial charge in [-0.3, -0.25) is 0 Å². The van der Waals surface area contributed by atoms with Gasteiger partial charge in [-0.1, -0.05) is 32.1 Å². The Bertz CT molecular complexity index is 502. The molecule has 1 aliphatic heterocycles. The Hall–Kier alpha value is -1.66. The summed E-state index contributed by atoms with van der Waals surface area (Å²) in [5.74, 6) is 4.07. The van der Waals surface area contributed by atoms with Crippen molar-refractivity contribution >= 4 is 0 Å². The fourth-order valence-corrected chi connectivity index (χ4v) is 2.49. The largest absolute Gasteiger partial charge is 0.493 e. The van der Waals surface area contributed by atoms with Crippen LogP contribution in [0.25, 0.3) is 0 Å². The molecule has 2 rings (SSSR count). The summed E-state index contributed by atoms with van der Waals surface area (Å²) in [6.07, 6.45) is 10.8. The van der Waals surface area contributed by atoms with Gasteiger partial charge >= 0.3 is 0 Å². The summed E-state index contributed by atoms with van der Waals surface area (Å²) < 4.78 is 16.4. The molecule has 0 saturated carbocycles. The number of ether oxygens (including phenoxy) is 3. The molecule has 108 valence electrons. The molecule has 1 fully saturated rings. The normalized spacial score (nSPS) is 20.3. The van der Waals surface area contributed by atoms with Crippen LogP contribution in [0, 0.1) is 12.3 Å². The van der Waals surface area contributed by atoms with E-state index in [1.165, 1.54) is 19.3 Å². The summed E-state index contributed by atoms with van der Waals surface area (Å²) in [5.41, 5.74) is 1.86. The van der Waals surface area contributed by atoms with Crippen LogP contribution < -0.4 is 9.47 Å². The third kappa shape index (κ3) is 3.08. The summed E-state index contributed by atoms with van der Waals surface area (Å²) in [5, 5.41) is 0. The van der Waals surface area contributed by atoms with Gasteiger partial charge in [-0.2, -0.15) is 0 Å². The van der Waals surface area contributed by atoms with Crippen LogP contribution >= 0.6 is 0 Å². The van der Waals surface area contributed by atoms with Crippen LogP contribution in [-0.4, -0.2) is 20.3 Å². The Morgan fingerprint density at radius 2 is 1.90 bits per heavy atom. The van der Waals surface area contributed by atoms with E-state index in [1.54, 1.807) is 14.2 Å². The molecular formula is C17H22O3. The van der Waals surface area contributed by atoms with Crippen LogP contribution in [0.4, 0.5) is 0 Å². The van der Waals surface area contributed by atoms with Gasteiger partial charge in [-0.15, -0.1) is 6.42 Å². The van der Waals surface area contributed by atoms with E-state index in [1.807, 2.05) is 12.1 Å². The first kappa shape index (κ1) is 14.7. The number of benzene rings is 1. The summed E-state index contributed by atoms with van der Waals surface area (Å²) in [6.45, 7) is 2.20. The Balaban J connectivity index is 2.14. The molecule has 0 spiro atoms. The zero-order valence-corrected chi connectivity index (χ0v) is 12.4. The van der Waals surface area contributed by atoms with Crippen molar-refractivity contribution in [3.63, 3.8) is 0 Å². The van der Waals surface area contributed by atoms with Gasteiger partial charge < -0.3 is 14.2 Å². The lowest BCUT2D eigenvalue weighted by atomic mass is 10.00. The minimum absolute atomic E-state index is 0.109. The van der Waals surface area contributed by atoms with E-state index in [4.69, 9.17) is 20.6 Å². The molecule has 3 heteroatoms. The Morgan fingerprint density at radius 3 is 2.50 bits per heavy atom. The molecule has 0 N–H and O–H groups in total. The average Bonchev–Trinajstić information content (AvgIpc) is 3.25. The van der Waals surface area contributed by atoms with Gasteiger partial charge in [0.1, 0.15) is 6.10 Å². The van der Waals surface area contributed by atoms with Crippen LogP contribution in [0.3, 0.4) is 0 Å². The van der Waals surface area contributed by atoms with Crippen LogP contribution in [0.2, 0.25) is 0 Å². The highest BCUT2D eigenvalue weighted by atomic mass is 16.6. The molecule has 0 bridgehead atoms. The van der Waals surface area contributed by atoms with Crippen molar-refractivity contribution < 1.29 is 14.2 Å². The average molecular weight is 274 g/mol. The highest BCUT2D eigenvalue weighted by Gasteiger charge is 2.41. The molecule has 2 atom stereocenters. The van der Waals surface area contributed by atoms with Gasteiger partial charge in [-0.25, -0.2) is 0 Å². The van der Waals surface area contributed by atoms with Crippen LogP contribution in [0.5, 0.6) is 11.5 Å². The van der Waals surface area contributed by atoms with E-state index >= 15 is 0 Å². The summed E-state index contributed by atoms with van der Waals surface area (Å²) in [4.78, 5) is 0. The van der Waals surface area contributed by atoms with Crippen LogP contribution in [0.15, 0.2) is 12.1 Å². The van der Waals surface area contributed by atoms with Crippen molar-refractivity contribution in [3.8, 4) is 23.8 Å². The highest BCUT2D eigenvalue weighted by Crippen LogP contribution is 2.45. The van der Waals surface area contributed by atoms with E-state index in [-0.39, 0.29) is 6.10 Å². The second-order valence-corrected chi connectivity index (χ2v) is 5.03. The van der Waals surface area contributed by atoms with Crippen molar-refractivity contribution in [1.29, 1.82) is 0 Å². The third-order valence-corrected chi connectivity index (χ3v) is 3.69. The van der Waals surface area contributed by atoms with E-state index in [9.17, 15) is 0 Å². The van der Waals surface area contributed by atoms with Crippen molar-refractivity contribution in [2.75, 3.05) is 14.2 Å². The molecule has 0 amide bonds. The second-order valence-electron chi connectivity index (χ2n) is 5.03. The third-order valence-electron chi connectivity index (χ3n) is 3.69. The van der Waals surface area contributed by atoms with Crippen molar-refractivity contribution in [2.45, 2.75) is 44.8 Å². The Labute approximate surface area is 121 Å². The lowest BCUT2D eigenvalue weighted by molar-refractivity contribution is 0.349. The zero-order valence-electron chi connectivity index (χ0n) is 12.4. The molecule has 1 heterocycles. The number of hydrogen-bond acceptors (Lipinski definition) is 3. The van der Waals surface area contributed by atoms with E-state index in [2.05, 4.69) is 12.8 Å². The predicted molar refractivity (Wildman–Crippen MR) is 79.2 cm³/mol. The molecule has 2 unspecified atom stereocenters. The minimum Gasteiger partial charge on any atom is -0.493 e. The summed E-state index contributed by atoms with van der Waals surface area (Å²) in [6, 6.07) is 3.79. The SMILES string of the molecule is C#Cc1cc(OC)c(OC)cc1C1OC1CCCCC. The number of hydrogen-bond donors (Lipinski definition) is 0. The molecular weight excluding hydrogens is 252 g/mol. The van der Waals surface area contributed by atoms with E-state index in [0.29, 0.717) is 17.6 Å². The molecule has 0 aromatic heterocycles. The molecule has 0 aliphatic carbocycles. The fourth-order valence-electron chi connectivity index (χ4n) is 2.49. The highest BCUT2D eigenvalue weighted by molar-refractivity contribution is 5.54. The quantitative estimate of drug-likeness (QED) is 0.431. The molecule has 1 aliphatic rings. The van der Waals surface area contributed by atoms with Gasteiger partial charge in [0, 0.05) is 11.1 Å². The zero-order chi connectivity index (χ0) is 14.5. The molecule has 1 aromatic carbocycles. The van der Waals surface area contributed by atoms with Gasteiger partial charge in [-0.05, 0) is 18.6 Å². The van der Waals surface area contributed by atoms with Gasteiger partial charge in [0.25, 0.3) is 0 Å². The minimum atomic E-state index is 0.109. The first-order valence-corrected chi connectivity index (χ1v) is 7.13. The van der Waals surface area contributed by atoms with E-state index < -0.39 is 0 Å². The number of rotatable bonds is 7. The van der Waals surface area contributed by atoms with Crippen molar-refractivity contribution in [1.82, 2.24) is 0 Å². The maximum absolute atomic E-state index is 5.77. The van der Waals surface area contributed by atoms with Gasteiger partial charge in [0.05, 0.1) is 20.3 Å². The number of methoxy groups -OCH3 is 2. The van der Waals surface area contributed by atoms with Crippen LogP contribution in [-0.2, 0) is 4.74 Å². The Morgan fingerprint density at radius 1 is 1.20 bits per heavy atom. The predicted octanol–water partition coefficient (Wildman–Crippen LogP) is 3.71. The van der Waals surface area contributed by atoms with Crippen molar-refractivity contribution in [3.05, 3.63) is 23.3 Å². The maximum atomic E-state index is 5.77. The lowest BCUT2D eigenvalue weighted by Gasteiger charge is -2.11. The maximum Gasteiger partial charge on any atom is 0.161 e. The topological polar surface area (TPSA) is 31.0 Å². The summed E-state index contributed by atoms with van der Waals surface area (Å²) >= 11 is 0. The molecule has 20 heavy (non-hydrogen) atoms. The van der Waals surface area contributed by atoms with Crippen LogP contribution in [0.1, 0.15) is 49.8 Å². The lowest BCUT2D eigenvalue weighted by Crippen LogP contribution is -1.97. The monoisotopic (exact) mass is 274 g/mol. The molecule has 3 nitrogen and oxygen atoms in total. The smallest absolute Gasteiger partial charge is 0.161 e. The number of terminal acetylenes is 1. The van der Waals surface area contributed by atoms with E-state index in [0.717, 1.165) is 17.5 Å². The number of unbranched alkanes of at least 4 members (excludes halogenated alkanes) is 2. The molecule has 0 radical (unpaired) electrons. The standard InChI is InChI=1S/C17H22O3/c1-5-7-8-9-14-17(20-14)13-11-16(19-4)15(18-3)10-12(13)6-2/h2,10-11,14,17H,5,7-9H2,1,3-4H3. The first-order chi connectivity index (χ1) is 9.74. The molecule has 1 saturated heterocycles. The molecule has 1 aromatic rings. The van der Waals surface area contributed by atoms with Gasteiger partial charge in [0.15, 0.2) is 11.5 Å². The number of epoxide rings is 1. The van der Waals surface area contributed by atoms with Gasteiger partial charge in [0.2, 0.25) is 0 Å². The fraction of sp³-hybridized carbons (Fsp3) is 0.529. The Kier molecular flexibility index (Phi) is 4.92. The summed E-state index contributed by atoms with van der Waals surface area (Å²) in [7, 11) is 3.24. The second kappa shape index (κ2) is 6.67.